The molecule has 2 heterocycles. The van der Waals surface area contributed by atoms with Crippen LogP contribution in [0.4, 0.5) is 0 Å². The van der Waals surface area contributed by atoms with Crippen molar-refractivity contribution in [2.24, 2.45) is 0 Å². The molecule has 0 aliphatic carbocycles. The van der Waals surface area contributed by atoms with E-state index in [1.165, 1.54) is 0 Å². The third-order valence-electron chi connectivity index (χ3n) is 6.70. The Kier molecular flexibility index (Phi) is 5.88. The van der Waals surface area contributed by atoms with E-state index in [1.807, 2.05) is 102 Å². The van der Waals surface area contributed by atoms with Crippen molar-refractivity contribution in [3.63, 3.8) is 0 Å². The van der Waals surface area contributed by atoms with Crippen molar-refractivity contribution in [3.8, 4) is 33.8 Å². The first-order valence-electron chi connectivity index (χ1n) is 12.2. The second-order valence-electron chi connectivity index (χ2n) is 9.23. The summed E-state index contributed by atoms with van der Waals surface area (Å²) in [4.78, 5) is 2.00. The van der Waals surface area contributed by atoms with E-state index in [1.54, 1.807) is 0 Å². The van der Waals surface area contributed by atoms with Crippen molar-refractivity contribution in [2.75, 3.05) is 19.1 Å². The Morgan fingerprint density at radius 1 is 0.583 bits per heavy atom. The van der Waals surface area contributed by atoms with E-state index in [9.17, 15) is 9.13 Å². The molecule has 0 bridgehead atoms. The predicted octanol–water partition coefficient (Wildman–Crippen LogP) is 6.94. The number of fused-ring (bicyclic) bond motifs is 6. The zero-order valence-electron chi connectivity index (χ0n) is 20.0. The molecule has 2 unspecified atom stereocenters. The van der Waals surface area contributed by atoms with Gasteiger partial charge in [0.1, 0.15) is 11.5 Å². The number of nitrogens with zero attached hydrogens (tertiary/aromatic N) is 1. The van der Waals surface area contributed by atoms with Crippen LogP contribution in [0.5, 0.6) is 11.5 Å². The van der Waals surface area contributed by atoms with Crippen LogP contribution in [0.3, 0.4) is 0 Å². The quantitative estimate of drug-likeness (QED) is 0.261. The lowest BCUT2D eigenvalue weighted by Crippen LogP contribution is -2.35. The van der Waals surface area contributed by atoms with Gasteiger partial charge >= 0.3 is 0 Å². The monoisotopic (exact) mass is 515 g/mol. The number of benzene rings is 4. The molecule has 0 spiro atoms. The fraction of sp³-hybridized carbons (Fsp3) is 0.172. The topological polar surface area (TPSA) is 55.8 Å². The van der Waals surface area contributed by atoms with Crippen LogP contribution in [-0.4, -0.2) is 24.0 Å². The summed E-state index contributed by atoms with van der Waals surface area (Å²) < 4.78 is 41.5. The Balaban J connectivity index is 1.37. The highest BCUT2D eigenvalue weighted by Gasteiger charge is 2.42. The van der Waals surface area contributed by atoms with Crippen molar-refractivity contribution in [3.05, 3.63) is 97.1 Å². The van der Waals surface area contributed by atoms with Gasteiger partial charge in [-0.15, -0.1) is 0 Å². The van der Waals surface area contributed by atoms with Gasteiger partial charge in [0.15, 0.2) is 0 Å². The second-order valence-corrected chi connectivity index (χ2v) is 13.8. The molecule has 7 heteroatoms. The first-order chi connectivity index (χ1) is 17.5. The van der Waals surface area contributed by atoms with E-state index in [-0.39, 0.29) is 12.6 Å². The van der Waals surface area contributed by atoms with Crippen LogP contribution < -0.4 is 19.7 Å². The highest BCUT2D eigenvalue weighted by Crippen LogP contribution is 2.58. The van der Waals surface area contributed by atoms with Gasteiger partial charge in [0, 0.05) is 11.1 Å². The summed E-state index contributed by atoms with van der Waals surface area (Å²) in [7, 11) is -6.64. The molecule has 2 atom stereocenters. The van der Waals surface area contributed by atoms with E-state index in [0.717, 1.165) is 28.7 Å². The Morgan fingerprint density at radius 2 is 0.972 bits per heavy atom. The Bertz CT molecular complexity index is 1440. The average molecular weight is 515 g/mol. The molecule has 0 amide bonds. The molecule has 0 fully saturated rings. The molecule has 0 radical (unpaired) electrons. The summed E-state index contributed by atoms with van der Waals surface area (Å²) in [6.45, 7) is 2.68. The molecule has 0 N–H and O–H groups in total. The summed E-state index contributed by atoms with van der Waals surface area (Å²) in [5, 5.41) is 1.41. The molecule has 4 aromatic carbocycles. The molecule has 4 aromatic rings. The maximum absolute atomic E-state index is 14.5. The van der Waals surface area contributed by atoms with Gasteiger partial charge in [0.2, 0.25) is 0 Å². The third-order valence-corrected chi connectivity index (χ3v) is 11.5. The SMILES string of the molecule is CCCN(CP1(=O)Oc2ccccc2-c2ccccc21)CP1(=O)Oc2ccccc2-c2ccccc21. The van der Waals surface area contributed by atoms with Gasteiger partial charge < -0.3 is 9.05 Å². The van der Waals surface area contributed by atoms with Gasteiger partial charge in [-0.2, -0.15) is 0 Å². The standard InChI is InChI=1S/C29H27NO4P2/c1-2-19-30(20-35(31)28-17-9-5-13-24(28)22-11-3-7-15-26(22)33-35)21-36(32)29-18-10-6-14-25(29)23-12-4-8-16-27(23)34-36/h3-18H,2,19-21H2,1H3. The predicted molar refractivity (Wildman–Crippen MR) is 146 cm³/mol. The maximum atomic E-state index is 14.5. The molecule has 6 rings (SSSR count). The Hall–Kier alpha value is -3.10. The first kappa shape index (κ1) is 23.3. The van der Waals surface area contributed by atoms with Crippen molar-refractivity contribution in [2.45, 2.75) is 13.3 Å². The molecular formula is C29H27NO4P2. The van der Waals surface area contributed by atoms with E-state index < -0.39 is 14.7 Å². The molecule has 2 aliphatic heterocycles. The summed E-state index contributed by atoms with van der Waals surface area (Å²) in [5.74, 6) is 1.24. The van der Waals surface area contributed by atoms with Crippen molar-refractivity contribution in [1.82, 2.24) is 4.90 Å². The van der Waals surface area contributed by atoms with Gasteiger partial charge in [0.05, 0.1) is 23.2 Å². The van der Waals surface area contributed by atoms with E-state index in [2.05, 4.69) is 6.92 Å². The third kappa shape index (κ3) is 3.92. The van der Waals surface area contributed by atoms with Crippen LogP contribution in [0.25, 0.3) is 22.3 Å². The normalized spacial score (nSPS) is 21.4. The molecule has 182 valence electrons. The summed E-state index contributed by atoms with van der Waals surface area (Å²) in [6, 6.07) is 30.9. The Labute approximate surface area is 211 Å². The number of hydrogen-bond acceptors (Lipinski definition) is 5. The molecule has 0 saturated carbocycles. The molecule has 0 aromatic heterocycles. The summed E-state index contributed by atoms with van der Waals surface area (Å²) >= 11 is 0. The summed E-state index contributed by atoms with van der Waals surface area (Å²) in [5.41, 5.74) is 3.74. The van der Waals surface area contributed by atoms with Crippen LogP contribution in [-0.2, 0) is 9.13 Å². The van der Waals surface area contributed by atoms with Crippen LogP contribution in [0, 0.1) is 0 Å². The lowest BCUT2D eigenvalue weighted by molar-refractivity contribution is 0.334. The maximum Gasteiger partial charge on any atom is 0.291 e. The fourth-order valence-electron chi connectivity index (χ4n) is 5.19. The van der Waals surface area contributed by atoms with E-state index in [4.69, 9.17) is 9.05 Å². The number of hydrogen-bond donors (Lipinski definition) is 0. The molecule has 2 aliphatic rings. The lowest BCUT2D eigenvalue weighted by Gasteiger charge is -2.35. The van der Waals surface area contributed by atoms with E-state index >= 15 is 0 Å². The fourth-order valence-corrected chi connectivity index (χ4v) is 10.2. The molecule has 5 nitrogen and oxygen atoms in total. The lowest BCUT2D eigenvalue weighted by atomic mass is 10.0. The van der Waals surface area contributed by atoms with Crippen LogP contribution in [0.1, 0.15) is 13.3 Å². The zero-order chi connectivity index (χ0) is 24.8. The van der Waals surface area contributed by atoms with Crippen LogP contribution in [0.2, 0.25) is 0 Å². The van der Waals surface area contributed by atoms with Crippen molar-refractivity contribution >= 4 is 25.3 Å². The van der Waals surface area contributed by atoms with Gasteiger partial charge in [-0.05, 0) is 48.4 Å². The molecule has 36 heavy (non-hydrogen) atoms. The van der Waals surface area contributed by atoms with Gasteiger partial charge in [-0.1, -0.05) is 79.7 Å². The number of para-hydroxylation sites is 2. The average Bonchev–Trinajstić information content (AvgIpc) is 2.89. The smallest absolute Gasteiger partial charge is 0.291 e. The minimum absolute atomic E-state index is 0.156. The van der Waals surface area contributed by atoms with Crippen LogP contribution >= 0.6 is 14.7 Å². The summed E-state index contributed by atoms with van der Waals surface area (Å²) in [6.07, 6.45) is 1.13. The zero-order valence-corrected chi connectivity index (χ0v) is 21.8. The van der Waals surface area contributed by atoms with E-state index in [0.29, 0.717) is 28.7 Å². The van der Waals surface area contributed by atoms with Crippen LogP contribution in [0.15, 0.2) is 97.1 Å². The Morgan fingerprint density at radius 3 is 1.42 bits per heavy atom. The van der Waals surface area contributed by atoms with Gasteiger partial charge in [-0.25, -0.2) is 0 Å². The van der Waals surface area contributed by atoms with Gasteiger partial charge in [-0.3, -0.25) is 14.0 Å². The minimum Gasteiger partial charge on any atom is -0.438 e. The van der Waals surface area contributed by atoms with Gasteiger partial charge in [0.25, 0.3) is 14.7 Å². The van der Waals surface area contributed by atoms with Crippen molar-refractivity contribution < 1.29 is 18.2 Å². The highest BCUT2D eigenvalue weighted by molar-refractivity contribution is 7.68. The minimum atomic E-state index is -3.32. The number of rotatable bonds is 6. The molecule has 0 saturated heterocycles. The largest absolute Gasteiger partial charge is 0.438 e. The second kappa shape index (κ2) is 9.09. The molecular weight excluding hydrogens is 488 g/mol. The van der Waals surface area contributed by atoms with Crippen molar-refractivity contribution in [1.29, 1.82) is 0 Å². The highest BCUT2D eigenvalue weighted by atomic mass is 31.2. The first-order valence-corrected chi connectivity index (χ1v) is 15.8.